The number of carbonyl (C=O) groups excluding carboxylic acids is 1. The number of halogens is 2. The molecule has 3 aromatic carbocycles. The van der Waals surface area contributed by atoms with Crippen LogP contribution in [-0.4, -0.2) is 39.2 Å². The number of thioether (sulfide) groups is 1. The minimum absolute atomic E-state index is 0.0984. The topological polar surface area (TPSA) is 81.4 Å². The van der Waals surface area contributed by atoms with Crippen molar-refractivity contribution in [2.45, 2.75) is 12.1 Å². The molecule has 0 aliphatic rings. The monoisotopic (exact) mass is 525 g/mol. The van der Waals surface area contributed by atoms with Gasteiger partial charge < -0.3 is 4.74 Å². The highest BCUT2D eigenvalue weighted by Gasteiger charge is 2.17. The Bertz CT molecular complexity index is 1360. The molecule has 1 amide bonds. The molecular weight excluding hydrogens is 505 g/mol. The molecule has 0 saturated carbocycles. The highest BCUT2D eigenvalue weighted by molar-refractivity contribution is 7.99. The van der Waals surface area contributed by atoms with E-state index in [1.54, 1.807) is 31.4 Å². The number of carbonyl (C=O) groups is 1. The number of hydrazone groups is 1. The fourth-order valence-corrected chi connectivity index (χ4v) is 4.19. The van der Waals surface area contributed by atoms with Gasteiger partial charge in [-0.15, -0.1) is 10.2 Å². The van der Waals surface area contributed by atoms with E-state index in [1.165, 1.54) is 11.8 Å². The second-order valence-corrected chi connectivity index (χ2v) is 9.19. The number of methoxy groups -OCH3 is 1. The molecule has 0 bridgehead atoms. The fourth-order valence-electron chi connectivity index (χ4n) is 3.19. The maximum absolute atomic E-state index is 12.5. The molecule has 0 aliphatic heterocycles. The lowest BCUT2D eigenvalue weighted by Crippen LogP contribution is -2.21. The van der Waals surface area contributed by atoms with Gasteiger partial charge in [0.25, 0.3) is 5.91 Å². The van der Waals surface area contributed by atoms with Gasteiger partial charge in [-0.05, 0) is 67.6 Å². The Balaban J connectivity index is 1.52. The summed E-state index contributed by atoms with van der Waals surface area (Å²) in [6.07, 6.45) is 0. The van der Waals surface area contributed by atoms with E-state index in [-0.39, 0.29) is 11.7 Å². The number of nitrogens with zero attached hydrogens (tertiary/aromatic N) is 4. The highest BCUT2D eigenvalue weighted by atomic mass is 35.5. The first-order valence-electron chi connectivity index (χ1n) is 10.5. The van der Waals surface area contributed by atoms with Crippen LogP contribution in [-0.2, 0) is 4.79 Å². The summed E-state index contributed by atoms with van der Waals surface area (Å²) in [5.74, 6) is 1.17. The van der Waals surface area contributed by atoms with Crippen molar-refractivity contribution in [1.82, 2.24) is 20.2 Å². The lowest BCUT2D eigenvalue weighted by molar-refractivity contribution is -0.118. The first-order valence-corrected chi connectivity index (χ1v) is 12.3. The number of hydrogen-bond donors (Lipinski definition) is 1. The van der Waals surface area contributed by atoms with Crippen LogP contribution in [0.1, 0.15) is 12.5 Å². The number of ether oxygens (including phenoxy) is 1. The van der Waals surface area contributed by atoms with E-state index < -0.39 is 0 Å². The van der Waals surface area contributed by atoms with Crippen molar-refractivity contribution in [3.8, 4) is 22.8 Å². The first-order chi connectivity index (χ1) is 16.9. The van der Waals surface area contributed by atoms with Crippen molar-refractivity contribution in [2.75, 3.05) is 12.9 Å². The molecule has 0 unspecified atom stereocenters. The predicted molar refractivity (Wildman–Crippen MR) is 141 cm³/mol. The summed E-state index contributed by atoms with van der Waals surface area (Å²) in [6.45, 7) is 1.82. The zero-order valence-corrected chi connectivity index (χ0v) is 21.2. The molecule has 1 aromatic heterocycles. The van der Waals surface area contributed by atoms with Gasteiger partial charge in [-0.3, -0.25) is 9.36 Å². The molecule has 4 aromatic rings. The van der Waals surface area contributed by atoms with E-state index >= 15 is 0 Å². The molecule has 0 spiro atoms. The SMILES string of the molecule is COc1cccc(C(C)=NNC(=O)CSc2nnc(-c3ccc(Cl)cc3)n2-c2ccc(Cl)cc2)c1. The summed E-state index contributed by atoms with van der Waals surface area (Å²) in [6, 6.07) is 22.1. The zero-order chi connectivity index (χ0) is 24.8. The van der Waals surface area contributed by atoms with Crippen molar-refractivity contribution in [2.24, 2.45) is 5.10 Å². The fraction of sp³-hybridized carbons (Fsp3) is 0.120. The van der Waals surface area contributed by atoms with Gasteiger partial charge in [-0.2, -0.15) is 5.10 Å². The summed E-state index contributed by atoms with van der Waals surface area (Å²) >= 11 is 13.4. The molecule has 4 rings (SSSR count). The van der Waals surface area contributed by atoms with Crippen LogP contribution in [0.15, 0.2) is 83.1 Å². The standard InChI is InChI=1S/C25H21Cl2N5O2S/c1-16(18-4-3-5-22(14-18)34-2)28-29-23(33)15-35-25-31-30-24(17-6-8-19(26)9-7-17)32(25)21-12-10-20(27)11-13-21/h3-14H,15H2,1-2H3,(H,29,33). The lowest BCUT2D eigenvalue weighted by atomic mass is 10.1. The highest BCUT2D eigenvalue weighted by Crippen LogP contribution is 2.29. The van der Waals surface area contributed by atoms with Gasteiger partial charge in [-0.25, -0.2) is 5.43 Å². The van der Waals surface area contributed by atoms with Crippen molar-refractivity contribution < 1.29 is 9.53 Å². The van der Waals surface area contributed by atoms with E-state index in [0.717, 1.165) is 22.6 Å². The summed E-state index contributed by atoms with van der Waals surface area (Å²) < 4.78 is 7.11. The molecule has 7 nitrogen and oxygen atoms in total. The molecule has 10 heteroatoms. The number of amides is 1. The van der Waals surface area contributed by atoms with Crippen LogP contribution in [0.2, 0.25) is 10.0 Å². The predicted octanol–water partition coefficient (Wildman–Crippen LogP) is 5.88. The Morgan fingerprint density at radius 3 is 2.40 bits per heavy atom. The lowest BCUT2D eigenvalue weighted by Gasteiger charge is -2.10. The van der Waals surface area contributed by atoms with Gasteiger partial charge in [-0.1, -0.05) is 47.1 Å². The van der Waals surface area contributed by atoms with E-state index in [1.807, 2.05) is 60.0 Å². The minimum atomic E-state index is -0.268. The third-order valence-electron chi connectivity index (χ3n) is 4.99. The molecule has 0 atom stereocenters. The minimum Gasteiger partial charge on any atom is -0.497 e. The normalized spacial score (nSPS) is 11.4. The van der Waals surface area contributed by atoms with Crippen LogP contribution < -0.4 is 10.2 Å². The molecule has 35 heavy (non-hydrogen) atoms. The Labute approximate surface area is 217 Å². The van der Waals surface area contributed by atoms with Crippen molar-refractivity contribution >= 4 is 46.6 Å². The number of aromatic nitrogens is 3. The average molecular weight is 526 g/mol. The number of rotatable bonds is 8. The van der Waals surface area contributed by atoms with E-state index in [9.17, 15) is 4.79 Å². The maximum Gasteiger partial charge on any atom is 0.250 e. The van der Waals surface area contributed by atoms with E-state index in [4.69, 9.17) is 27.9 Å². The molecule has 0 fully saturated rings. The van der Waals surface area contributed by atoms with E-state index in [0.29, 0.717) is 26.7 Å². The third-order valence-corrected chi connectivity index (χ3v) is 6.42. The van der Waals surface area contributed by atoms with Gasteiger partial charge in [0.1, 0.15) is 5.75 Å². The van der Waals surface area contributed by atoms with E-state index in [2.05, 4.69) is 20.7 Å². The second-order valence-electron chi connectivity index (χ2n) is 7.38. The van der Waals surface area contributed by atoms with Crippen LogP contribution in [0.3, 0.4) is 0 Å². The van der Waals surface area contributed by atoms with Gasteiger partial charge in [0, 0.05) is 26.9 Å². The molecule has 0 radical (unpaired) electrons. The van der Waals surface area contributed by atoms with Gasteiger partial charge in [0.15, 0.2) is 11.0 Å². The first kappa shape index (κ1) is 24.8. The molecule has 178 valence electrons. The van der Waals surface area contributed by atoms with Crippen LogP contribution in [0.5, 0.6) is 5.75 Å². The molecule has 1 heterocycles. The molecule has 1 N–H and O–H groups in total. The summed E-state index contributed by atoms with van der Waals surface area (Å²) in [7, 11) is 1.60. The Morgan fingerprint density at radius 2 is 1.71 bits per heavy atom. The molecular formula is C25H21Cl2N5O2S. The Hall–Kier alpha value is -3.33. The molecule has 0 aliphatic carbocycles. The largest absolute Gasteiger partial charge is 0.497 e. The van der Waals surface area contributed by atoms with Crippen molar-refractivity contribution in [1.29, 1.82) is 0 Å². The maximum atomic E-state index is 12.5. The summed E-state index contributed by atoms with van der Waals surface area (Å²) in [5, 5.41) is 14.7. The Kier molecular flexibility index (Phi) is 8.07. The van der Waals surface area contributed by atoms with Crippen LogP contribution in [0, 0.1) is 0 Å². The number of benzene rings is 3. The third kappa shape index (κ3) is 6.22. The van der Waals surface area contributed by atoms with Crippen molar-refractivity contribution in [3.63, 3.8) is 0 Å². The van der Waals surface area contributed by atoms with Crippen molar-refractivity contribution in [3.05, 3.63) is 88.4 Å². The number of hydrogen-bond acceptors (Lipinski definition) is 6. The van der Waals surface area contributed by atoms with Gasteiger partial charge in [0.2, 0.25) is 0 Å². The second kappa shape index (κ2) is 11.4. The van der Waals surface area contributed by atoms with Gasteiger partial charge in [0.05, 0.1) is 18.6 Å². The number of nitrogens with one attached hydrogen (secondary N) is 1. The molecule has 0 saturated heterocycles. The van der Waals surface area contributed by atoms with Crippen LogP contribution in [0.4, 0.5) is 0 Å². The van der Waals surface area contributed by atoms with Crippen LogP contribution in [0.25, 0.3) is 17.1 Å². The summed E-state index contributed by atoms with van der Waals surface area (Å²) in [5.41, 5.74) is 5.77. The summed E-state index contributed by atoms with van der Waals surface area (Å²) in [4.78, 5) is 12.5. The average Bonchev–Trinajstić information content (AvgIpc) is 3.30. The smallest absolute Gasteiger partial charge is 0.250 e. The van der Waals surface area contributed by atoms with Gasteiger partial charge >= 0.3 is 0 Å². The quantitative estimate of drug-likeness (QED) is 0.176. The Morgan fingerprint density at radius 1 is 1.03 bits per heavy atom. The van der Waals surface area contributed by atoms with Crippen LogP contribution >= 0.6 is 35.0 Å². The zero-order valence-electron chi connectivity index (χ0n) is 18.9.